The third kappa shape index (κ3) is 8.14. The maximum Gasteiger partial charge on any atom is 0.271 e. The van der Waals surface area contributed by atoms with E-state index in [1.807, 2.05) is 26.6 Å². The summed E-state index contributed by atoms with van der Waals surface area (Å²) in [4.78, 5) is 31.3. The number of carbonyl (C=O) groups excluding carboxylic acids is 3. The Bertz CT molecular complexity index is 922. The second kappa shape index (κ2) is 14.0. The quantitative estimate of drug-likeness (QED) is 0.613. The molecule has 3 rings (SSSR count). The fourth-order valence-corrected chi connectivity index (χ4v) is 2.63. The number of hydrogen-bond donors (Lipinski definition) is 1. The molecule has 0 unspecified atom stereocenters. The van der Waals surface area contributed by atoms with E-state index in [-0.39, 0.29) is 11.7 Å². The van der Waals surface area contributed by atoms with E-state index in [4.69, 9.17) is 32.8 Å². The number of nitrogens with one attached hydrogen (secondary N) is 1. The molecular formula is C21H22Cl2FN3O3. The molecule has 0 fully saturated rings. The monoisotopic (exact) mass is 453 g/mol. The second-order valence-electron chi connectivity index (χ2n) is 5.55. The molecule has 0 atom stereocenters. The van der Waals surface area contributed by atoms with Crippen molar-refractivity contribution in [2.75, 3.05) is 7.05 Å². The summed E-state index contributed by atoms with van der Waals surface area (Å²) in [7, 11) is 1.55. The van der Waals surface area contributed by atoms with Crippen LogP contribution >= 0.6 is 23.2 Å². The van der Waals surface area contributed by atoms with Gasteiger partial charge >= 0.3 is 0 Å². The average Bonchev–Trinajstić information content (AvgIpc) is 3.24. The summed E-state index contributed by atoms with van der Waals surface area (Å²) in [6.45, 7) is 7.68. The number of benzene rings is 2. The average molecular weight is 454 g/mol. The molecule has 1 heterocycles. The van der Waals surface area contributed by atoms with Crippen LogP contribution in [0, 0.1) is 19.7 Å². The molecule has 0 aliphatic carbocycles. The highest BCUT2D eigenvalue weighted by atomic mass is 35.5. The van der Waals surface area contributed by atoms with Gasteiger partial charge in [0.05, 0.1) is 0 Å². The lowest BCUT2D eigenvalue weighted by Crippen LogP contribution is -2.17. The maximum absolute atomic E-state index is 12.6. The molecule has 0 aliphatic rings. The van der Waals surface area contributed by atoms with Gasteiger partial charge in [0.2, 0.25) is 0 Å². The minimum atomic E-state index is -0.239. The van der Waals surface area contributed by atoms with E-state index in [2.05, 4.69) is 10.3 Å². The fraction of sp³-hybridized carbons (Fsp3) is 0.143. The summed E-state index contributed by atoms with van der Waals surface area (Å²) in [6, 6.07) is 10.2. The summed E-state index contributed by atoms with van der Waals surface area (Å²) in [5.41, 5.74) is 2.85. The van der Waals surface area contributed by atoms with Crippen molar-refractivity contribution >= 4 is 42.7 Å². The number of aromatic nitrogens is 2. The van der Waals surface area contributed by atoms with E-state index < -0.39 is 0 Å². The smallest absolute Gasteiger partial charge is 0.271 e. The molecule has 0 saturated heterocycles. The van der Waals surface area contributed by atoms with Crippen LogP contribution in [0.1, 0.15) is 21.6 Å². The molecule has 2 aromatic carbocycles. The second-order valence-corrected chi connectivity index (χ2v) is 6.43. The number of aryl methyl sites for hydroxylation is 1. The molecule has 0 aliphatic heterocycles. The van der Waals surface area contributed by atoms with E-state index in [1.165, 1.54) is 12.4 Å². The van der Waals surface area contributed by atoms with E-state index in [1.54, 1.807) is 49.0 Å². The SMILES string of the molecule is C=O.C=O.CNC(=O)c1cn(-c2cc(Cl)cc(Cl)c2)cn1.Cc1cccc(F)c1C. The van der Waals surface area contributed by atoms with Crippen molar-refractivity contribution in [2.24, 2.45) is 0 Å². The predicted molar refractivity (Wildman–Crippen MR) is 117 cm³/mol. The van der Waals surface area contributed by atoms with Gasteiger partial charge in [-0.15, -0.1) is 0 Å². The molecule has 1 aromatic heterocycles. The Balaban J connectivity index is 0.000000547. The first-order valence-corrected chi connectivity index (χ1v) is 9.09. The Morgan fingerprint density at radius 3 is 2.10 bits per heavy atom. The van der Waals surface area contributed by atoms with Gasteiger partial charge in [-0.2, -0.15) is 0 Å². The number of hydrogen-bond acceptors (Lipinski definition) is 4. The number of carbonyl (C=O) groups is 3. The molecule has 0 saturated carbocycles. The zero-order chi connectivity index (χ0) is 23.3. The molecule has 1 N–H and O–H groups in total. The number of rotatable bonds is 2. The molecule has 9 heteroatoms. The highest BCUT2D eigenvalue weighted by Gasteiger charge is 2.08. The lowest BCUT2D eigenvalue weighted by molar-refractivity contribution is -0.0987. The number of imidazole rings is 1. The van der Waals surface area contributed by atoms with Gasteiger partial charge in [0.1, 0.15) is 31.4 Å². The number of amides is 1. The van der Waals surface area contributed by atoms with Crippen molar-refractivity contribution in [1.29, 1.82) is 0 Å². The first-order chi connectivity index (χ1) is 14.3. The van der Waals surface area contributed by atoms with Crippen LogP contribution in [0.25, 0.3) is 5.69 Å². The molecule has 0 spiro atoms. The van der Waals surface area contributed by atoms with E-state index >= 15 is 0 Å². The minimum Gasteiger partial charge on any atom is -0.354 e. The zero-order valence-electron chi connectivity index (χ0n) is 16.8. The molecular weight excluding hydrogens is 432 g/mol. The third-order valence-corrected chi connectivity index (χ3v) is 4.16. The van der Waals surface area contributed by atoms with Gasteiger partial charge in [0.25, 0.3) is 5.91 Å². The molecule has 3 aromatic rings. The first kappa shape index (κ1) is 27.0. The Morgan fingerprint density at radius 2 is 1.63 bits per heavy atom. The standard InChI is InChI=1S/C11H9Cl2N3O.C8H9F.2CH2O/c1-14-11(17)10-5-16(6-15-10)9-3-7(12)2-8(13)4-9;1-6-4-3-5-8(9)7(6)2;2*1-2/h2-6H,1H3,(H,14,17);3-5H,1-2H3;2*1H2. The first-order valence-electron chi connectivity index (χ1n) is 8.33. The minimum absolute atomic E-state index is 0.116. The fourth-order valence-electron chi connectivity index (χ4n) is 2.11. The van der Waals surface area contributed by atoms with Crippen LogP contribution in [-0.4, -0.2) is 36.1 Å². The normalized spacial score (nSPS) is 9.00. The van der Waals surface area contributed by atoms with Crippen LogP contribution < -0.4 is 5.32 Å². The van der Waals surface area contributed by atoms with E-state index in [0.717, 1.165) is 16.8 Å². The lowest BCUT2D eigenvalue weighted by Gasteiger charge is -2.03. The van der Waals surface area contributed by atoms with Gasteiger partial charge in [0.15, 0.2) is 0 Å². The molecule has 1 amide bonds. The van der Waals surface area contributed by atoms with Crippen LogP contribution in [0.4, 0.5) is 4.39 Å². The lowest BCUT2D eigenvalue weighted by atomic mass is 10.1. The van der Waals surface area contributed by atoms with Gasteiger partial charge in [-0.3, -0.25) is 4.79 Å². The van der Waals surface area contributed by atoms with Crippen molar-refractivity contribution in [3.05, 3.63) is 81.6 Å². The van der Waals surface area contributed by atoms with Crippen molar-refractivity contribution < 1.29 is 18.8 Å². The van der Waals surface area contributed by atoms with Crippen LogP contribution in [0.2, 0.25) is 10.0 Å². The summed E-state index contributed by atoms with van der Waals surface area (Å²) in [5.74, 6) is -0.355. The van der Waals surface area contributed by atoms with E-state index in [0.29, 0.717) is 15.7 Å². The molecule has 0 bridgehead atoms. The highest BCUT2D eigenvalue weighted by Crippen LogP contribution is 2.21. The van der Waals surface area contributed by atoms with Crippen molar-refractivity contribution in [1.82, 2.24) is 14.9 Å². The summed E-state index contributed by atoms with van der Waals surface area (Å²) >= 11 is 11.8. The number of nitrogens with zero attached hydrogens (tertiary/aromatic N) is 2. The Kier molecular flexibility index (Phi) is 12.6. The Hall–Kier alpha value is -3.03. The van der Waals surface area contributed by atoms with Crippen LogP contribution in [0.3, 0.4) is 0 Å². The molecule has 160 valence electrons. The zero-order valence-corrected chi connectivity index (χ0v) is 18.3. The van der Waals surface area contributed by atoms with E-state index in [9.17, 15) is 9.18 Å². The number of halogens is 3. The van der Waals surface area contributed by atoms with Crippen LogP contribution in [-0.2, 0) is 9.59 Å². The van der Waals surface area contributed by atoms with Crippen molar-refractivity contribution in [3.63, 3.8) is 0 Å². The Labute approximate surface area is 184 Å². The topological polar surface area (TPSA) is 81.1 Å². The predicted octanol–water partition coefficient (Wildman–Crippen LogP) is 4.61. The maximum atomic E-state index is 12.6. The third-order valence-electron chi connectivity index (χ3n) is 3.73. The summed E-state index contributed by atoms with van der Waals surface area (Å²) in [5, 5.41) is 3.56. The van der Waals surface area contributed by atoms with Gasteiger partial charge in [-0.1, -0.05) is 35.3 Å². The highest BCUT2D eigenvalue weighted by molar-refractivity contribution is 6.34. The molecule has 30 heavy (non-hydrogen) atoms. The molecule has 0 radical (unpaired) electrons. The largest absolute Gasteiger partial charge is 0.354 e. The van der Waals surface area contributed by atoms with Crippen LogP contribution in [0.15, 0.2) is 48.9 Å². The molecule has 6 nitrogen and oxygen atoms in total. The van der Waals surface area contributed by atoms with Gasteiger partial charge < -0.3 is 19.5 Å². The van der Waals surface area contributed by atoms with Crippen molar-refractivity contribution in [2.45, 2.75) is 13.8 Å². The van der Waals surface area contributed by atoms with Gasteiger partial charge in [-0.25, -0.2) is 9.37 Å². The van der Waals surface area contributed by atoms with Crippen LogP contribution in [0.5, 0.6) is 0 Å². The van der Waals surface area contributed by atoms with Gasteiger partial charge in [0, 0.05) is 29.0 Å². The van der Waals surface area contributed by atoms with Crippen molar-refractivity contribution in [3.8, 4) is 5.69 Å². The Morgan fingerprint density at radius 1 is 1.07 bits per heavy atom. The summed E-state index contributed by atoms with van der Waals surface area (Å²) in [6.07, 6.45) is 3.15. The van der Waals surface area contributed by atoms with Gasteiger partial charge in [-0.05, 0) is 49.2 Å². The summed E-state index contributed by atoms with van der Waals surface area (Å²) < 4.78 is 14.3.